The van der Waals surface area contributed by atoms with Gasteiger partial charge in [0.25, 0.3) is 0 Å². The normalized spacial score (nSPS) is 22.4. The summed E-state index contributed by atoms with van der Waals surface area (Å²) in [4.78, 5) is 13.9. The SMILES string of the molecule is CC(C)C(c1ccccc1)N1CCCCCC1C(=O)O. The third kappa shape index (κ3) is 3.40. The van der Waals surface area contributed by atoms with Crippen molar-refractivity contribution in [3.05, 3.63) is 35.9 Å². The molecule has 0 radical (unpaired) electrons. The van der Waals surface area contributed by atoms with Crippen molar-refractivity contribution in [2.45, 2.75) is 51.6 Å². The van der Waals surface area contributed by atoms with E-state index < -0.39 is 5.97 Å². The number of carboxylic acids is 1. The lowest BCUT2D eigenvalue weighted by Crippen LogP contribution is -2.44. The minimum atomic E-state index is -0.673. The first-order valence-electron chi connectivity index (χ1n) is 7.64. The zero-order valence-corrected chi connectivity index (χ0v) is 12.5. The Morgan fingerprint density at radius 2 is 1.90 bits per heavy atom. The van der Waals surface area contributed by atoms with Crippen LogP contribution in [-0.2, 0) is 4.79 Å². The molecule has 1 heterocycles. The van der Waals surface area contributed by atoms with Crippen molar-refractivity contribution in [3.8, 4) is 0 Å². The van der Waals surface area contributed by atoms with E-state index in [2.05, 4.69) is 30.9 Å². The molecule has 0 spiro atoms. The summed E-state index contributed by atoms with van der Waals surface area (Å²) in [5, 5.41) is 9.57. The highest BCUT2D eigenvalue weighted by Gasteiger charge is 2.34. The second-order valence-corrected chi connectivity index (χ2v) is 6.04. The standard InChI is InChI=1S/C17H25NO2/c1-13(2)16(14-9-5-3-6-10-14)18-12-8-4-7-11-15(18)17(19)20/h3,5-6,9-10,13,15-16H,4,7-8,11-12H2,1-2H3,(H,19,20). The molecule has 1 saturated heterocycles. The lowest BCUT2D eigenvalue weighted by Gasteiger charge is -2.37. The molecule has 110 valence electrons. The molecule has 1 N–H and O–H groups in total. The molecule has 20 heavy (non-hydrogen) atoms. The fourth-order valence-electron chi connectivity index (χ4n) is 3.34. The molecule has 0 saturated carbocycles. The van der Waals surface area contributed by atoms with Crippen LogP contribution >= 0.6 is 0 Å². The Bertz CT molecular complexity index is 430. The highest BCUT2D eigenvalue weighted by Crippen LogP contribution is 2.33. The predicted molar refractivity (Wildman–Crippen MR) is 80.6 cm³/mol. The van der Waals surface area contributed by atoms with Gasteiger partial charge in [0, 0.05) is 6.04 Å². The predicted octanol–water partition coefficient (Wildman–Crippen LogP) is 3.71. The van der Waals surface area contributed by atoms with E-state index in [1.165, 1.54) is 5.56 Å². The highest BCUT2D eigenvalue weighted by atomic mass is 16.4. The van der Waals surface area contributed by atoms with E-state index in [-0.39, 0.29) is 12.1 Å². The van der Waals surface area contributed by atoms with E-state index in [0.717, 1.165) is 32.2 Å². The average Bonchev–Trinajstić information content (AvgIpc) is 2.66. The van der Waals surface area contributed by atoms with Crippen LogP contribution in [0.25, 0.3) is 0 Å². The molecule has 1 aliphatic rings. The molecule has 2 atom stereocenters. The van der Waals surface area contributed by atoms with Crippen molar-refractivity contribution in [1.29, 1.82) is 0 Å². The third-order valence-electron chi connectivity index (χ3n) is 4.21. The zero-order chi connectivity index (χ0) is 14.5. The van der Waals surface area contributed by atoms with Gasteiger partial charge in [-0.05, 0) is 30.9 Å². The van der Waals surface area contributed by atoms with E-state index in [1.807, 2.05) is 18.2 Å². The Kier molecular flexibility index (Phi) is 5.18. The number of carboxylic acid groups (broad SMARTS) is 1. The zero-order valence-electron chi connectivity index (χ0n) is 12.5. The van der Waals surface area contributed by atoms with Crippen molar-refractivity contribution in [2.24, 2.45) is 5.92 Å². The maximum absolute atomic E-state index is 11.6. The van der Waals surface area contributed by atoms with Gasteiger partial charge >= 0.3 is 5.97 Å². The minimum absolute atomic E-state index is 0.190. The van der Waals surface area contributed by atoms with Gasteiger partial charge in [0.05, 0.1) is 0 Å². The second kappa shape index (κ2) is 6.89. The van der Waals surface area contributed by atoms with Crippen LogP contribution in [0, 0.1) is 5.92 Å². The van der Waals surface area contributed by atoms with Gasteiger partial charge in [-0.3, -0.25) is 9.69 Å². The quantitative estimate of drug-likeness (QED) is 0.910. The van der Waals surface area contributed by atoms with E-state index in [1.54, 1.807) is 0 Å². The van der Waals surface area contributed by atoms with Crippen molar-refractivity contribution in [2.75, 3.05) is 6.54 Å². The molecule has 0 aromatic heterocycles. The van der Waals surface area contributed by atoms with E-state index in [4.69, 9.17) is 0 Å². The Hall–Kier alpha value is -1.35. The first-order chi connectivity index (χ1) is 9.61. The summed E-state index contributed by atoms with van der Waals surface area (Å²) < 4.78 is 0. The van der Waals surface area contributed by atoms with Crippen molar-refractivity contribution in [3.63, 3.8) is 0 Å². The smallest absolute Gasteiger partial charge is 0.320 e. The summed E-state index contributed by atoms with van der Waals surface area (Å²) in [6, 6.07) is 10.2. The summed E-state index contributed by atoms with van der Waals surface area (Å²) >= 11 is 0. The number of nitrogens with zero attached hydrogens (tertiary/aromatic N) is 1. The summed E-state index contributed by atoms with van der Waals surface area (Å²) in [6.45, 7) is 5.25. The van der Waals surface area contributed by atoms with Crippen LogP contribution in [0.2, 0.25) is 0 Å². The number of benzene rings is 1. The van der Waals surface area contributed by atoms with Crippen LogP contribution in [0.1, 0.15) is 51.1 Å². The molecule has 1 aromatic carbocycles. The fourth-order valence-corrected chi connectivity index (χ4v) is 3.34. The van der Waals surface area contributed by atoms with Crippen LogP contribution in [0.15, 0.2) is 30.3 Å². The van der Waals surface area contributed by atoms with Gasteiger partial charge in [-0.1, -0.05) is 57.0 Å². The molecule has 0 bridgehead atoms. The highest BCUT2D eigenvalue weighted by molar-refractivity contribution is 5.73. The number of rotatable bonds is 4. The van der Waals surface area contributed by atoms with Crippen LogP contribution in [0.5, 0.6) is 0 Å². The van der Waals surface area contributed by atoms with Gasteiger partial charge in [0.15, 0.2) is 0 Å². The summed E-state index contributed by atoms with van der Waals surface area (Å²) in [6.07, 6.45) is 4.03. The molecular weight excluding hydrogens is 250 g/mol. The Morgan fingerprint density at radius 3 is 2.50 bits per heavy atom. The maximum Gasteiger partial charge on any atom is 0.320 e. The molecule has 3 heteroatoms. The molecular formula is C17H25NO2. The first-order valence-corrected chi connectivity index (χ1v) is 7.64. The van der Waals surface area contributed by atoms with Gasteiger partial charge in [-0.15, -0.1) is 0 Å². The second-order valence-electron chi connectivity index (χ2n) is 6.04. The molecule has 1 aliphatic heterocycles. The Balaban J connectivity index is 2.32. The molecule has 0 aliphatic carbocycles. The van der Waals surface area contributed by atoms with Crippen LogP contribution < -0.4 is 0 Å². The minimum Gasteiger partial charge on any atom is -0.480 e. The summed E-state index contributed by atoms with van der Waals surface area (Å²) in [7, 11) is 0. The van der Waals surface area contributed by atoms with Gasteiger partial charge in [-0.2, -0.15) is 0 Å². The number of carbonyl (C=O) groups is 1. The van der Waals surface area contributed by atoms with Crippen molar-refractivity contribution in [1.82, 2.24) is 4.90 Å². The maximum atomic E-state index is 11.6. The average molecular weight is 275 g/mol. The van der Waals surface area contributed by atoms with Crippen LogP contribution in [-0.4, -0.2) is 28.6 Å². The lowest BCUT2D eigenvalue weighted by atomic mass is 9.92. The lowest BCUT2D eigenvalue weighted by molar-refractivity contribution is -0.145. The number of aliphatic carboxylic acids is 1. The van der Waals surface area contributed by atoms with Crippen molar-refractivity contribution >= 4 is 5.97 Å². The molecule has 1 aromatic rings. The van der Waals surface area contributed by atoms with Gasteiger partial charge < -0.3 is 5.11 Å². The van der Waals surface area contributed by atoms with E-state index in [9.17, 15) is 9.90 Å². The van der Waals surface area contributed by atoms with E-state index >= 15 is 0 Å². The Labute approximate surface area is 121 Å². The number of hydrogen-bond donors (Lipinski definition) is 1. The van der Waals surface area contributed by atoms with Crippen LogP contribution in [0.4, 0.5) is 0 Å². The molecule has 2 rings (SSSR count). The van der Waals surface area contributed by atoms with E-state index in [0.29, 0.717) is 5.92 Å². The van der Waals surface area contributed by atoms with Crippen molar-refractivity contribution < 1.29 is 9.90 Å². The van der Waals surface area contributed by atoms with Gasteiger partial charge in [-0.25, -0.2) is 0 Å². The molecule has 1 fully saturated rings. The molecule has 0 amide bonds. The Morgan fingerprint density at radius 1 is 1.20 bits per heavy atom. The molecule has 2 unspecified atom stereocenters. The fraction of sp³-hybridized carbons (Fsp3) is 0.588. The monoisotopic (exact) mass is 275 g/mol. The molecule has 3 nitrogen and oxygen atoms in total. The summed E-state index contributed by atoms with van der Waals surface area (Å²) in [5.41, 5.74) is 1.23. The van der Waals surface area contributed by atoms with Crippen LogP contribution in [0.3, 0.4) is 0 Å². The first kappa shape index (κ1) is 15.0. The van der Waals surface area contributed by atoms with Gasteiger partial charge in [0.1, 0.15) is 6.04 Å². The summed E-state index contributed by atoms with van der Waals surface area (Å²) in [5.74, 6) is -0.272. The topological polar surface area (TPSA) is 40.5 Å². The third-order valence-corrected chi connectivity index (χ3v) is 4.21. The number of hydrogen-bond acceptors (Lipinski definition) is 2. The number of likely N-dealkylation sites (tertiary alicyclic amines) is 1. The largest absolute Gasteiger partial charge is 0.480 e. The van der Waals surface area contributed by atoms with Gasteiger partial charge in [0.2, 0.25) is 0 Å².